The summed E-state index contributed by atoms with van der Waals surface area (Å²) in [4.78, 5) is 27.6. The number of hydrogen-bond donors (Lipinski definition) is 1. The Labute approximate surface area is 205 Å². The second-order valence-corrected chi connectivity index (χ2v) is 11.4. The van der Waals surface area contributed by atoms with Gasteiger partial charge in [0.1, 0.15) is 11.6 Å². The van der Waals surface area contributed by atoms with Gasteiger partial charge in [0, 0.05) is 6.54 Å². The van der Waals surface area contributed by atoms with Crippen molar-refractivity contribution in [2.24, 2.45) is 0 Å². The SMILES string of the molecule is CC(C)(C)OC(=O)N1CCC[C@@H]1C(=O)N[C@@H](CCCc1ccccc1)B1OC(C)(C)C(C)(C)O1. The zero-order chi connectivity index (χ0) is 25.1. The summed E-state index contributed by atoms with van der Waals surface area (Å²) in [5.41, 5.74) is -0.330. The zero-order valence-electron chi connectivity index (χ0n) is 21.8. The van der Waals surface area contributed by atoms with Gasteiger partial charge in [-0.2, -0.15) is 0 Å². The number of carbonyl (C=O) groups is 2. The predicted molar refractivity (Wildman–Crippen MR) is 133 cm³/mol. The molecule has 188 valence electrons. The molecule has 2 amide bonds. The van der Waals surface area contributed by atoms with Crippen LogP contribution in [0.25, 0.3) is 0 Å². The molecule has 2 fully saturated rings. The first kappa shape index (κ1) is 26.5. The monoisotopic (exact) mass is 472 g/mol. The smallest absolute Gasteiger partial charge is 0.444 e. The van der Waals surface area contributed by atoms with Crippen molar-refractivity contribution in [3.05, 3.63) is 35.9 Å². The first-order valence-corrected chi connectivity index (χ1v) is 12.5. The average Bonchev–Trinajstić information content (AvgIpc) is 3.29. The van der Waals surface area contributed by atoms with Crippen molar-refractivity contribution in [3.8, 4) is 0 Å². The van der Waals surface area contributed by atoms with E-state index in [1.54, 1.807) is 4.90 Å². The summed E-state index contributed by atoms with van der Waals surface area (Å²) in [5, 5.41) is 3.17. The largest absolute Gasteiger partial charge is 0.481 e. The lowest BCUT2D eigenvalue weighted by molar-refractivity contribution is -0.126. The summed E-state index contributed by atoms with van der Waals surface area (Å²) in [6, 6.07) is 9.75. The molecule has 0 aliphatic carbocycles. The molecule has 3 rings (SSSR count). The topological polar surface area (TPSA) is 77.1 Å². The second kappa shape index (κ2) is 10.3. The summed E-state index contributed by atoms with van der Waals surface area (Å²) < 4.78 is 18.1. The number of carbonyl (C=O) groups excluding carboxylic acids is 2. The van der Waals surface area contributed by atoms with Gasteiger partial charge in [-0.05, 0) is 86.1 Å². The number of aryl methyl sites for hydroxylation is 1. The minimum atomic E-state index is -0.608. The summed E-state index contributed by atoms with van der Waals surface area (Å²) >= 11 is 0. The van der Waals surface area contributed by atoms with E-state index in [0.29, 0.717) is 19.4 Å². The summed E-state index contributed by atoms with van der Waals surface area (Å²) in [6.07, 6.45) is 3.43. The van der Waals surface area contributed by atoms with Crippen LogP contribution in [0.5, 0.6) is 0 Å². The number of hydrogen-bond acceptors (Lipinski definition) is 5. The lowest BCUT2D eigenvalue weighted by atomic mass is 9.75. The Hall–Kier alpha value is -2.06. The highest BCUT2D eigenvalue weighted by molar-refractivity contribution is 6.48. The molecule has 1 aromatic rings. The molecule has 0 unspecified atom stereocenters. The predicted octanol–water partition coefficient (Wildman–Crippen LogP) is 4.53. The van der Waals surface area contributed by atoms with E-state index in [-0.39, 0.29) is 11.8 Å². The number of nitrogens with zero attached hydrogens (tertiary/aromatic N) is 1. The van der Waals surface area contributed by atoms with Gasteiger partial charge in [0.05, 0.1) is 17.1 Å². The van der Waals surface area contributed by atoms with E-state index in [9.17, 15) is 9.59 Å². The fourth-order valence-electron chi connectivity index (χ4n) is 4.36. The van der Waals surface area contributed by atoms with Crippen LogP contribution in [0.3, 0.4) is 0 Å². The molecule has 7 nitrogen and oxygen atoms in total. The van der Waals surface area contributed by atoms with Crippen LogP contribution >= 0.6 is 0 Å². The van der Waals surface area contributed by atoms with Crippen LogP contribution in [-0.2, 0) is 25.3 Å². The number of nitrogens with one attached hydrogen (secondary N) is 1. The first-order chi connectivity index (χ1) is 15.8. The van der Waals surface area contributed by atoms with Crippen LogP contribution in [-0.4, -0.2) is 59.3 Å². The van der Waals surface area contributed by atoms with Gasteiger partial charge in [0.15, 0.2) is 0 Å². The third-order valence-electron chi connectivity index (χ3n) is 6.93. The molecule has 2 atom stereocenters. The number of amides is 2. The van der Waals surface area contributed by atoms with Gasteiger partial charge in [-0.3, -0.25) is 9.69 Å². The molecule has 0 saturated carbocycles. The molecule has 0 bridgehead atoms. The quantitative estimate of drug-likeness (QED) is 0.591. The van der Waals surface area contributed by atoms with E-state index >= 15 is 0 Å². The van der Waals surface area contributed by atoms with E-state index in [2.05, 4.69) is 17.4 Å². The third kappa shape index (κ3) is 6.54. The molecule has 2 aliphatic rings. The Morgan fingerprint density at radius 3 is 2.35 bits per heavy atom. The lowest BCUT2D eigenvalue weighted by Crippen LogP contribution is -2.54. The molecule has 1 N–H and O–H groups in total. The molecule has 0 radical (unpaired) electrons. The van der Waals surface area contributed by atoms with Crippen LogP contribution in [0, 0.1) is 0 Å². The van der Waals surface area contributed by atoms with Crippen molar-refractivity contribution in [1.82, 2.24) is 10.2 Å². The molecule has 34 heavy (non-hydrogen) atoms. The van der Waals surface area contributed by atoms with E-state index in [0.717, 1.165) is 19.3 Å². The van der Waals surface area contributed by atoms with Crippen molar-refractivity contribution in [1.29, 1.82) is 0 Å². The van der Waals surface area contributed by atoms with Crippen LogP contribution in [0.1, 0.15) is 79.7 Å². The average molecular weight is 472 g/mol. The molecule has 8 heteroatoms. The number of rotatable bonds is 7. The van der Waals surface area contributed by atoms with Gasteiger partial charge in [-0.15, -0.1) is 0 Å². The Kier molecular flexibility index (Phi) is 8.03. The summed E-state index contributed by atoms with van der Waals surface area (Å²) in [6.45, 7) is 14.1. The molecule has 2 aliphatic heterocycles. The first-order valence-electron chi connectivity index (χ1n) is 12.5. The van der Waals surface area contributed by atoms with E-state index < -0.39 is 36.1 Å². The van der Waals surface area contributed by atoms with Crippen molar-refractivity contribution < 1.29 is 23.6 Å². The Bertz CT molecular complexity index is 836. The van der Waals surface area contributed by atoms with E-state index in [1.807, 2.05) is 66.7 Å². The number of ether oxygens (including phenoxy) is 1. The maximum absolute atomic E-state index is 13.4. The van der Waals surface area contributed by atoms with Crippen molar-refractivity contribution >= 4 is 19.1 Å². The molecule has 0 spiro atoms. The lowest BCUT2D eigenvalue weighted by Gasteiger charge is -2.32. The van der Waals surface area contributed by atoms with Gasteiger partial charge in [0.25, 0.3) is 0 Å². The molecular weight excluding hydrogens is 431 g/mol. The molecule has 2 saturated heterocycles. The fraction of sp³-hybridized carbons (Fsp3) is 0.692. The Morgan fingerprint density at radius 1 is 1.15 bits per heavy atom. The normalized spacial score (nSPS) is 22.5. The molecule has 2 heterocycles. The summed E-state index contributed by atoms with van der Waals surface area (Å²) in [5.74, 6) is -0.499. The minimum Gasteiger partial charge on any atom is -0.444 e. The maximum atomic E-state index is 13.4. The van der Waals surface area contributed by atoms with Crippen LogP contribution in [0.4, 0.5) is 4.79 Å². The van der Waals surface area contributed by atoms with Crippen LogP contribution < -0.4 is 5.32 Å². The van der Waals surface area contributed by atoms with Gasteiger partial charge in [0.2, 0.25) is 5.91 Å². The zero-order valence-corrected chi connectivity index (χ0v) is 21.8. The van der Waals surface area contributed by atoms with Crippen molar-refractivity contribution in [3.63, 3.8) is 0 Å². The molecule has 1 aromatic carbocycles. The van der Waals surface area contributed by atoms with E-state index in [1.165, 1.54) is 5.56 Å². The highest BCUT2D eigenvalue weighted by atomic mass is 16.7. The Morgan fingerprint density at radius 2 is 1.76 bits per heavy atom. The molecular formula is C26H41BN2O5. The van der Waals surface area contributed by atoms with Gasteiger partial charge < -0.3 is 19.4 Å². The van der Waals surface area contributed by atoms with Crippen molar-refractivity contribution in [2.75, 3.05) is 6.54 Å². The maximum Gasteiger partial charge on any atom is 0.481 e. The number of likely N-dealkylation sites (tertiary alicyclic amines) is 1. The summed E-state index contributed by atoms with van der Waals surface area (Å²) in [7, 11) is -0.555. The van der Waals surface area contributed by atoms with Crippen LogP contribution in [0.15, 0.2) is 30.3 Å². The van der Waals surface area contributed by atoms with Crippen LogP contribution in [0.2, 0.25) is 0 Å². The van der Waals surface area contributed by atoms with Gasteiger partial charge in [-0.1, -0.05) is 30.3 Å². The third-order valence-corrected chi connectivity index (χ3v) is 6.93. The van der Waals surface area contributed by atoms with Gasteiger partial charge >= 0.3 is 13.2 Å². The Balaban J connectivity index is 1.69. The highest BCUT2D eigenvalue weighted by Gasteiger charge is 2.54. The minimum absolute atomic E-state index is 0.178. The highest BCUT2D eigenvalue weighted by Crippen LogP contribution is 2.38. The molecule has 0 aromatic heterocycles. The van der Waals surface area contributed by atoms with E-state index in [4.69, 9.17) is 14.0 Å². The fourth-order valence-corrected chi connectivity index (χ4v) is 4.36. The van der Waals surface area contributed by atoms with Crippen molar-refractivity contribution in [2.45, 2.75) is 109 Å². The standard InChI is InChI=1S/C26H41BN2O5/c1-24(2,3)32-23(31)29-18-12-16-20(29)22(30)28-21(17-11-15-19-13-9-8-10-14-19)27-33-25(4,5)26(6,7)34-27/h8-10,13-14,20-21H,11-12,15-18H2,1-7H3,(H,28,30)/t20-,21+/m1/s1. The second-order valence-electron chi connectivity index (χ2n) is 11.4. The van der Waals surface area contributed by atoms with Gasteiger partial charge in [-0.25, -0.2) is 4.79 Å². The number of benzene rings is 1.